The molecule has 0 unspecified atom stereocenters. The molecule has 1 amide bonds. The Balaban J connectivity index is 1.90. The third kappa shape index (κ3) is 1.76. The lowest BCUT2D eigenvalue weighted by Crippen LogP contribution is -2.24. The Kier molecular flexibility index (Phi) is 2.22. The van der Waals surface area contributed by atoms with Crippen molar-refractivity contribution in [1.29, 1.82) is 0 Å². The zero-order valence-electron chi connectivity index (χ0n) is 7.19. The van der Waals surface area contributed by atoms with E-state index < -0.39 is 0 Å². The summed E-state index contributed by atoms with van der Waals surface area (Å²) in [6.45, 7) is 0.388. The minimum absolute atomic E-state index is 0.199. The van der Waals surface area contributed by atoms with Crippen LogP contribution in [-0.4, -0.2) is 31.3 Å². The summed E-state index contributed by atoms with van der Waals surface area (Å²) in [5.41, 5.74) is 0.831. The molecule has 2 aromatic rings. The Bertz CT molecular complexity index is 392. The summed E-state index contributed by atoms with van der Waals surface area (Å²) >= 11 is 0. The van der Waals surface area contributed by atoms with Gasteiger partial charge in [-0.1, -0.05) is 0 Å². The summed E-state index contributed by atoms with van der Waals surface area (Å²) in [6, 6.07) is 1.78. The number of hydrogen-bond acceptors (Lipinski definition) is 4. The van der Waals surface area contributed by atoms with Gasteiger partial charge in [0.2, 0.25) is 5.82 Å². The van der Waals surface area contributed by atoms with Crippen molar-refractivity contribution in [3.05, 3.63) is 30.1 Å². The SMILES string of the molecule is O=C(NCc1ccn[nH]1)c1ncn[nH]1. The van der Waals surface area contributed by atoms with E-state index in [1.54, 1.807) is 12.3 Å². The molecule has 2 aromatic heterocycles. The Morgan fingerprint density at radius 2 is 2.36 bits per heavy atom. The topological polar surface area (TPSA) is 99.3 Å². The third-order valence-corrected chi connectivity index (χ3v) is 1.63. The maximum atomic E-state index is 11.3. The Labute approximate surface area is 78.9 Å². The van der Waals surface area contributed by atoms with E-state index in [1.165, 1.54) is 6.33 Å². The number of nitrogens with one attached hydrogen (secondary N) is 3. The first-order chi connectivity index (χ1) is 6.86. The standard InChI is InChI=1S/C7H8N6O/c14-7(6-9-4-11-13-6)8-3-5-1-2-10-12-5/h1-2,4H,3H2,(H,8,14)(H,10,12)(H,9,11,13). The van der Waals surface area contributed by atoms with Gasteiger partial charge in [0.1, 0.15) is 6.33 Å². The van der Waals surface area contributed by atoms with Crippen molar-refractivity contribution in [2.75, 3.05) is 0 Å². The molecule has 0 aliphatic carbocycles. The lowest BCUT2D eigenvalue weighted by atomic mass is 10.4. The molecule has 0 fully saturated rings. The fourth-order valence-corrected chi connectivity index (χ4v) is 0.957. The molecule has 14 heavy (non-hydrogen) atoms. The lowest BCUT2D eigenvalue weighted by Gasteiger charge is -1.99. The quantitative estimate of drug-likeness (QED) is 0.608. The molecule has 7 heteroatoms. The second-order valence-corrected chi connectivity index (χ2v) is 2.60. The molecule has 0 radical (unpaired) electrons. The van der Waals surface area contributed by atoms with Crippen LogP contribution >= 0.6 is 0 Å². The van der Waals surface area contributed by atoms with Crippen LogP contribution in [0.2, 0.25) is 0 Å². The first-order valence-electron chi connectivity index (χ1n) is 3.98. The number of nitrogens with zero attached hydrogens (tertiary/aromatic N) is 3. The monoisotopic (exact) mass is 192 g/mol. The summed E-state index contributed by atoms with van der Waals surface area (Å²) in [4.78, 5) is 15.0. The molecule has 0 aliphatic heterocycles. The van der Waals surface area contributed by atoms with Crippen LogP contribution in [-0.2, 0) is 6.54 Å². The smallest absolute Gasteiger partial charge is 0.288 e. The summed E-state index contributed by atoms with van der Waals surface area (Å²) in [5, 5.41) is 15.2. The van der Waals surface area contributed by atoms with Crippen LogP contribution in [0.15, 0.2) is 18.6 Å². The van der Waals surface area contributed by atoms with Crippen LogP contribution in [0.3, 0.4) is 0 Å². The molecule has 0 saturated heterocycles. The number of H-pyrrole nitrogens is 2. The van der Waals surface area contributed by atoms with Gasteiger partial charge in [0.05, 0.1) is 12.2 Å². The van der Waals surface area contributed by atoms with E-state index >= 15 is 0 Å². The Hall–Kier alpha value is -2.18. The van der Waals surface area contributed by atoms with Gasteiger partial charge in [-0.3, -0.25) is 15.0 Å². The molecule has 0 bridgehead atoms. The molecule has 3 N–H and O–H groups in total. The van der Waals surface area contributed by atoms with Crippen molar-refractivity contribution < 1.29 is 4.79 Å². The normalized spacial score (nSPS) is 10.0. The van der Waals surface area contributed by atoms with Gasteiger partial charge in [-0.25, -0.2) is 4.98 Å². The zero-order valence-corrected chi connectivity index (χ0v) is 7.19. The first kappa shape index (κ1) is 8.42. The van der Waals surface area contributed by atoms with Crippen LogP contribution in [0.25, 0.3) is 0 Å². The van der Waals surface area contributed by atoms with Crippen LogP contribution in [0.4, 0.5) is 0 Å². The highest BCUT2D eigenvalue weighted by atomic mass is 16.2. The molecule has 0 aromatic carbocycles. The molecular weight excluding hydrogens is 184 g/mol. The van der Waals surface area contributed by atoms with E-state index in [0.717, 1.165) is 5.69 Å². The Morgan fingerprint density at radius 3 is 3.00 bits per heavy atom. The van der Waals surface area contributed by atoms with Crippen LogP contribution < -0.4 is 5.32 Å². The molecule has 0 atom stereocenters. The minimum Gasteiger partial charge on any atom is -0.344 e. The van der Waals surface area contributed by atoms with Gasteiger partial charge >= 0.3 is 0 Å². The van der Waals surface area contributed by atoms with Crippen molar-refractivity contribution in [2.24, 2.45) is 0 Å². The molecule has 72 valence electrons. The van der Waals surface area contributed by atoms with E-state index in [2.05, 4.69) is 30.7 Å². The van der Waals surface area contributed by atoms with Crippen molar-refractivity contribution in [1.82, 2.24) is 30.7 Å². The van der Waals surface area contributed by atoms with Crippen LogP contribution in [0.1, 0.15) is 16.3 Å². The summed E-state index contributed by atoms with van der Waals surface area (Å²) < 4.78 is 0. The second kappa shape index (κ2) is 3.69. The van der Waals surface area contributed by atoms with Gasteiger partial charge in [-0.2, -0.15) is 10.2 Å². The molecule has 0 spiro atoms. The minimum atomic E-state index is -0.294. The van der Waals surface area contributed by atoms with E-state index in [-0.39, 0.29) is 11.7 Å². The van der Waals surface area contributed by atoms with Gasteiger partial charge in [0, 0.05) is 6.20 Å². The number of carbonyl (C=O) groups is 1. The fourth-order valence-electron chi connectivity index (χ4n) is 0.957. The molecule has 2 rings (SSSR count). The number of aromatic nitrogens is 5. The number of amides is 1. The highest BCUT2D eigenvalue weighted by molar-refractivity contribution is 5.90. The molecule has 2 heterocycles. The van der Waals surface area contributed by atoms with E-state index in [9.17, 15) is 4.79 Å². The maximum Gasteiger partial charge on any atom is 0.288 e. The number of hydrogen-bond donors (Lipinski definition) is 3. The van der Waals surface area contributed by atoms with Crippen LogP contribution in [0.5, 0.6) is 0 Å². The van der Waals surface area contributed by atoms with Gasteiger partial charge in [-0.15, -0.1) is 0 Å². The van der Waals surface area contributed by atoms with Gasteiger partial charge in [-0.05, 0) is 6.07 Å². The first-order valence-corrected chi connectivity index (χ1v) is 3.98. The predicted molar refractivity (Wildman–Crippen MR) is 46.1 cm³/mol. The maximum absolute atomic E-state index is 11.3. The van der Waals surface area contributed by atoms with E-state index in [0.29, 0.717) is 6.54 Å². The lowest BCUT2D eigenvalue weighted by molar-refractivity contribution is 0.0940. The molecule has 0 saturated carbocycles. The van der Waals surface area contributed by atoms with Gasteiger partial charge in [0.25, 0.3) is 5.91 Å². The fraction of sp³-hybridized carbons (Fsp3) is 0.143. The molecular formula is C7H8N6O. The predicted octanol–water partition coefficient (Wildman–Crippen LogP) is -0.542. The largest absolute Gasteiger partial charge is 0.344 e. The summed E-state index contributed by atoms with van der Waals surface area (Å²) in [5.74, 6) is -0.0957. The molecule has 7 nitrogen and oxygen atoms in total. The zero-order chi connectivity index (χ0) is 9.80. The number of aromatic amines is 2. The highest BCUT2D eigenvalue weighted by Crippen LogP contribution is 1.91. The number of carbonyl (C=O) groups excluding carboxylic acids is 1. The van der Waals surface area contributed by atoms with Gasteiger partial charge < -0.3 is 5.32 Å². The van der Waals surface area contributed by atoms with Gasteiger partial charge in [0.15, 0.2) is 0 Å². The Morgan fingerprint density at radius 1 is 1.43 bits per heavy atom. The molecule has 0 aliphatic rings. The van der Waals surface area contributed by atoms with Crippen molar-refractivity contribution >= 4 is 5.91 Å². The van der Waals surface area contributed by atoms with E-state index in [1.807, 2.05) is 0 Å². The van der Waals surface area contributed by atoms with Crippen LogP contribution in [0, 0.1) is 0 Å². The summed E-state index contributed by atoms with van der Waals surface area (Å²) in [6.07, 6.45) is 2.90. The highest BCUT2D eigenvalue weighted by Gasteiger charge is 2.07. The second-order valence-electron chi connectivity index (χ2n) is 2.60. The number of rotatable bonds is 3. The van der Waals surface area contributed by atoms with Crippen molar-refractivity contribution in [2.45, 2.75) is 6.54 Å². The average Bonchev–Trinajstić information content (AvgIpc) is 2.87. The third-order valence-electron chi connectivity index (χ3n) is 1.63. The van der Waals surface area contributed by atoms with Crippen molar-refractivity contribution in [3.8, 4) is 0 Å². The average molecular weight is 192 g/mol. The van der Waals surface area contributed by atoms with Crippen molar-refractivity contribution in [3.63, 3.8) is 0 Å². The summed E-state index contributed by atoms with van der Waals surface area (Å²) in [7, 11) is 0. The van der Waals surface area contributed by atoms with E-state index in [4.69, 9.17) is 0 Å².